The van der Waals surface area contributed by atoms with Crippen molar-refractivity contribution < 1.29 is 28.5 Å². The Bertz CT molecular complexity index is 697. The first-order chi connectivity index (χ1) is 13.6. The molecule has 0 aliphatic carbocycles. The van der Waals surface area contributed by atoms with Crippen LogP contribution in [-0.2, 0) is 30.3 Å². The number of carbonyl (C=O) groups excluding carboxylic acids is 1. The summed E-state index contributed by atoms with van der Waals surface area (Å²) in [4.78, 5) is 12.4. The standard InChI is InChI=1S/C23H34O6/c1-21(2,3)20(24)29-19(23(5)15-28-23)12-11-18(22(4)14-27-22)26-13-16-7-9-17(25-6)10-8-16/h7-10,18-19H,11-15H2,1-6H3/t18-,19+,22+,23-/m1/s1. The molecular formula is C23H34O6. The molecule has 29 heavy (non-hydrogen) atoms. The summed E-state index contributed by atoms with van der Waals surface area (Å²) in [6.07, 6.45) is 1.03. The van der Waals surface area contributed by atoms with Crippen LogP contribution in [0.15, 0.2) is 24.3 Å². The molecular weight excluding hydrogens is 372 g/mol. The molecule has 6 nitrogen and oxygen atoms in total. The highest BCUT2D eigenvalue weighted by Crippen LogP contribution is 2.39. The molecule has 0 spiro atoms. The molecule has 4 atom stereocenters. The topological polar surface area (TPSA) is 69.8 Å². The van der Waals surface area contributed by atoms with Crippen LogP contribution in [0, 0.1) is 5.41 Å². The van der Waals surface area contributed by atoms with E-state index in [1.807, 2.05) is 52.0 Å². The van der Waals surface area contributed by atoms with Crippen LogP contribution < -0.4 is 4.74 Å². The first-order valence-corrected chi connectivity index (χ1v) is 10.3. The van der Waals surface area contributed by atoms with E-state index in [0.29, 0.717) is 26.2 Å². The van der Waals surface area contributed by atoms with Gasteiger partial charge in [-0.3, -0.25) is 4.79 Å². The van der Waals surface area contributed by atoms with Gasteiger partial charge in [-0.1, -0.05) is 12.1 Å². The number of methoxy groups -OCH3 is 1. The highest BCUT2D eigenvalue weighted by molar-refractivity contribution is 5.75. The van der Waals surface area contributed by atoms with Crippen molar-refractivity contribution in [3.63, 3.8) is 0 Å². The lowest BCUT2D eigenvalue weighted by Gasteiger charge is -2.28. The van der Waals surface area contributed by atoms with Crippen LogP contribution in [-0.4, -0.2) is 49.7 Å². The maximum absolute atomic E-state index is 12.4. The average Bonchev–Trinajstić information content (AvgIpc) is 3.59. The fraction of sp³-hybridized carbons (Fsp3) is 0.696. The Morgan fingerprint density at radius 2 is 1.55 bits per heavy atom. The number of ether oxygens (including phenoxy) is 5. The van der Waals surface area contributed by atoms with E-state index >= 15 is 0 Å². The molecule has 162 valence electrons. The van der Waals surface area contributed by atoms with Gasteiger partial charge in [-0.05, 0) is 65.2 Å². The minimum absolute atomic E-state index is 0.0807. The van der Waals surface area contributed by atoms with E-state index in [-0.39, 0.29) is 23.8 Å². The van der Waals surface area contributed by atoms with Crippen LogP contribution in [0.5, 0.6) is 5.75 Å². The van der Waals surface area contributed by atoms with Crippen molar-refractivity contribution in [3.05, 3.63) is 29.8 Å². The minimum Gasteiger partial charge on any atom is -0.497 e. The molecule has 0 unspecified atom stereocenters. The molecule has 2 heterocycles. The Hall–Kier alpha value is -1.63. The molecule has 0 radical (unpaired) electrons. The number of esters is 1. The zero-order valence-corrected chi connectivity index (χ0v) is 18.4. The molecule has 2 aliphatic heterocycles. The predicted octanol–water partition coefficient (Wildman–Crippen LogP) is 3.90. The summed E-state index contributed by atoms with van der Waals surface area (Å²) >= 11 is 0. The van der Waals surface area contributed by atoms with Gasteiger partial charge in [0, 0.05) is 0 Å². The zero-order chi connectivity index (χ0) is 21.3. The monoisotopic (exact) mass is 406 g/mol. The van der Waals surface area contributed by atoms with Gasteiger partial charge in [0.05, 0.1) is 38.4 Å². The van der Waals surface area contributed by atoms with Crippen molar-refractivity contribution in [2.45, 2.75) is 77.5 Å². The molecule has 1 aromatic rings. The lowest BCUT2D eigenvalue weighted by molar-refractivity contribution is -0.163. The van der Waals surface area contributed by atoms with Gasteiger partial charge in [-0.15, -0.1) is 0 Å². The van der Waals surface area contributed by atoms with E-state index in [0.717, 1.165) is 17.7 Å². The molecule has 6 heteroatoms. The van der Waals surface area contributed by atoms with Crippen LogP contribution in [0.2, 0.25) is 0 Å². The first-order valence-electron chi connectivity index (χ1n) is 10.3. The van der Waals surface area contributed by atoms with E-state index in [1.165, 1.54) is 0 Å². The molecule has 1 aromatic carbocycles. The first kappa shape index (κ1) is 22.1. The van der Waals surface area contributed by atoms with Crippen molar-refractivity contribution in [1.29, 1.82) is 0 Å². The Balaban J connectivity index is 1.59. The van der Waals surface area contributed by atoms with Gasteiger partial charge in [0.15, 0.2) is 0 Å². The highest BCUT2D eigenvalue weighted by atomic mass is 16.6. The molecule has 0 bridgehead atoms. The number of hydrogen-bond donors (Lipinski definition) is 0. The normalized spacial score (nSPS) is 27.8. The van der Waals surface area contributed by atoms with Crippen LogP contribution in [0.4, 0.5) is 0 Å². The summed E-state index contributed by atoms with van der Waals surface area (Å²) in [6.45, 7) is 11.4. The number of epoxide rings is 2. The largest absolute Gasteiger partial charge is 0.497 e. The smallest absolute Gasteiger partial charge is 0.311 e. The summed E-state index contributed by atoms with van der Waals surface area (Å²) in [7, 11) is 1.65. The van der Waals surface area contributed by atoms with Crippen molar-refractivity contribution in [1.82, 2.24) is 0 Å². The van der Waals surface area contributed by atoms with Gasteiger partial charge in [0.25, 0.3) is 0 Å². The third kappa shape index (κ3) is 5.71. The molecule has 0 N–H and O–H groups in total. The Labute approximate surface area is 173 Å². The van der Waals surface area contributed by atoms with E-state index in [2.05, 4.69) is 6.92 Å². The van der Waals surface area contributed by atoms with Crippen molar-refractivity contribution in [2.75, 3.05) is 20.3 Å². The van der Waals surface area contributed by atoms with Crippen molar-refractivity contribution in [3.8, 4) is 5.75 Å². The second-order valence-electron chi connectivity index (χ2n) is 9.57. The lowest BCUT2D eigenvalue weighted by Crippen LogP contribution is -2.38. The maximum atomic E-state index is 12.4. The SMILES string of the molecule is COc1ccc(CO[C@H](CC[C@H](OC(=O)C(C)(C)C)[C@@]2(C)CO2)[C@]2(C)CO2)cc1. The Morgan fingerprint density at radius 1 is 1.03 bits per heavy atom. The molecule has 0 amide bonds. The second kappa shape index (κ2) is 8.25. The van der Waals surface area contributed by atoms with Gasteiger partial charge in [-0.2, -0.15) is 0 Å². The van der Waals surface area contributed by atoms with Gasteiger partial charge in [-0.25, -0.2) is 0 Å². The van der Waals surface area contributed by atoms with Gasteiger partial charge in [0.1, 0.15) is 23.1 Å². The molecule has 0 aromatic heterocycles. The fourth-order valence-corrected chi connectivity index (χ4v) is 3.18. The Kier molecular flexibility index (Phi) is 6.27. The van der Waals surface area contributed by atoms with Crippen LogP contribution >= 0.6 is 0 Å². The van der Waals surface area contributed by atoms with Crippen LogP contribution in [0.3, 0.4) is 0 Å². The van der Waals surface area contributed by atoms with Gasteiger partial charge in [0.2, 0.25) is 0 Å². The third-order valence-electron chi connectivity index (χ3n) is 5.72. The lowest BCUT2D eigenvalue weighted by atomic mass is 9.93. The molecule has 3 rings (SSSR count). The summed E-state index contributed by atoms with van der Waals surface area (Å²) in [5, 5.41) is 0. The summed E-state index contributed by atoms with van der Waals surface area (Å²) in [5.41, 5.74) is -0.143. The second-order valence-corrected chi connectivity index (χ2v) is 9.57. The maximum Gasteiger partial charge on any atom is 0.311 e. The third-order valence-corrected chi connectivity index (χ3v) is 5.72. The van der Waals surface area contributed by atoms with Gasteiger partial charge < -0.3 is 23.7 Å². The number of benzene rings is 1. The minimum atomic E-state index is -0.542. The van der Waals surface area contributed by atoms with E-state index in [9.17, 15) is 4.79 Å². The van der Waals surface area contributed by atoms with Gasteiger partial charge >= 0.3 is 5.97 Å². The average molecular weight is 407 g/mol. The fourth-order valence-electron chi connectivity index (χ4n) is 3.18. The molecule has 2 saturated heterocycles. The van der Waals surface area contributed by atoms with E-state index in [1.54, 1.807) is 7.11 Å². The van der Waals surface area contributed by atoms with Crippen molar-refractivity contribution in [2.24, 2.45) is 5.41 Å². The highest BCUT2D eigenvalue weighted by Gasteiger charge is 2.52. The van der Waals surface area contributed by atoms with Crippen molar-refractivity contribution >= 4 is 5.97 Å². The number of rotatable bonds is 10. The van der Waals surface area contributed by atoms with Crippen LogP contribution in [0.1, 0.15) is 53.0 Å². The van der Waals surface area contributed by atoms with E-state index in [4.69, 9.17) is 23.7 Å². The van der Waals surface area contributed by atoms with Crippen LogP contribution in [0.25, 0.3) is 0 Å². The number of carbonyl (C=O) groups is 1. The number of hydrogen-bond acceptors (Lipinski definition) is 6. The summed E-state index contributed by atoms with van der Waals surface area (Å²) in [5.74, 6) is 0.618. The summed E-state index contributed by atoms with van der Waals surface area (Å²) in [6, 6.07) is 7.85. The van der Waals surface area contributed by atoms with E-state index < -0.39 is 11.0 Å². The predicted molar refractivity (Wildman–Crippen MR) is 109 cm³/mol. The summed E-state index contributed by atoms with van der Waals surface area (Å²) < 4.78 is 28.5. The molecule has 2 aliphatic rings. The molecule has 0 saturated carbocycles. The Morgan fingerprint density at radius 3 is 2.03 bits per heavy atom. The zero-order valence-electron chi connectivity index (χ0n) is 18.4. The molecule has 2 fully saturated rings. The quantitative estimate of drug-likeness (QED) is 0.434.